The molecule has 2 amide bonds. The van der Waals surface area contributed by atoms with Crippen LogP contribution in [0.3, 0.4) is 0 Å². The van der Waals surface area contributed by atoms with E-state index in [1.807, 2.05) is 38.1 Å². The first-order valence-corrected chi connectivity index (χ1v) is 9.86. The van der Waals surface area contributed by atoms with Gasteiger partial charge in [0.2, 0.25) is 5.91 Å². The van der Waals surface area contributed by atoms with Crippen molar-refractivity contribution in [3.63, 3.8) is 0 Å². The van der Waals surface area contributed by atoms with Crippen molar-refractivity contribution in [2.75, 3.05) is 7.11 Å². The molecule has 3 rings (SSSR count). The lowest BCUT2D eigenvalue weighted by Crippen LogP contribution is -2.49. The molecule has 146 valence electrons. The highest BCUT2D eigenvalue weighted by atomic mass is 32.1. The van der Waals surface area contributed by atoms with Gasteiger partial charge in [-0.25, -0.2) is 4.98 Å². The minimum atomic E-state index is -0.635. The van der Waals surface area contributed by atoms with Gasteiger partial charge in [-0.05, 0) is 42.3 Å². The molecule has 28 heavy (non-hydrogen) atoms. The van der Waals surface area contributed by atoms with Gasteiger partial charge in [0.25, 0.3) is 5.91 Å². The molecule has 0 aliphatic heterocycles. The normalized spacial score (nSPS) is 12.0. The van der Waals surface area contributed by atoms with E-state index in [2.05, 4.69) is 15.6 Å². The van der Waals surface area contributed by atoms with E-state index in [0.717, 1.165) is 15.2 Å². The Labute approximate surface area is 167 Å². The number of amides is 2. The summed E-state index contributed by atoms with van der Waals surface area (Å²) in [4.78, 5) is 29.7. The van der Waals surface area contributed by atoms with Crippen molar-refractivity contribution in [1.29, 1.82) is 0 Å². The Balaban J connectivity index is 1.63. The van der Waals surface area contributed by atoms with Crippen LogP contribution in [0, 0.1) is 5.92 Å². The highest BCUT2D eigenvalue weighted by Gasteiger charge is 2.24. The molecule has 1 heterocycles. The van der Waals surface area contributed by atoms with Crippen LogP contribution in [0.2, 0.25) is 0 Å². The number of carbonyl (C=O) groups excluding carboxylic acids is 2. The van der Waals surface area contributed by atoms with Crippen LogP contribution in [-0.2, 0) is 11.3 Å². The van der Waals surface area contributed by atoms with E-state index in [-0.39, 0.29) is 17.7 Å². The smallest absolute Gasteiger partial charge is 0.251 e. The summed E-state index contributed by atoms with van der Waals surface area (Å²) in [6.45, 7) is 4.13. The van der Waals surface area contributed by atoms with Gasteiger partial charge in [0.15, 0.2) is 0 Å². The number of para-hydroxylation sites is 1. The molecule has 0 spiro atoms. The van der Waals surface area contributed by atoms with Crippen molar-refractivity contribution in [2.24, 2.45) is 5.92 Å². The Morgan fingerprint density at radius 1 is 1.11 bits per heavy atom. The van der Waals surface area contributed by atoms with Crippen LogP contribution in [0.1, 0.15) is 29.2 Å². The third kappa shape index (κ3) is 4.67. The molecule has 0 aliphatic carbocycles. The van der Waals surface area contributed by atoms with Gasteiger partial charge in [-0.1, -0.05) is 26.0 Å². The summed E-state index contributed by atoms with van der Waals surface area (Å²) in [6, 6.07) is 14.0. The van der Waals surface area contributed by atoms with Crippen molar-refractivity contribution in [1.82, 2.24) is 15.6 Å². The maximum absolute atomic E-state index is 12.7. The molecule has 0 aliphatic rings. The number of nitrogens with zero attached hydrogens (tertiary/aromatic N) is 1. The molecule has 1 atom stereocenters. The minimum Gasteiger partial charge on any atom is -0.497 e. The summed E-state index contributed by atoms with van der Waals surface area (Å²) in [6.07, 6.45) is 0. The van der Waals surface area contributed by atoms with E-state index >= 15 is 0 Å². The van der Waals surface area contributed by atoms with Gasteiger partial charge in [-0.15, -0.1) is 11.3 Å². The number of ether oxygens (including phenoxy) is 1. The van der Waals surface area contributed by atoms with Crippen LogP contribution in [0.5, 0.6) is 5.75 Å². The number of hydrogen-bond acceptors (Lipinski definition) is 5. The first kappa shape index (κ1) is 19.8. The number of benzene rings is 2. The summed E-state index contributed by atoms with van der Waals surface area (Å²) >= 11 is 1.55. The third-order valence-corrected chi connectivity index (χ3v) is 5.38. The zero-order valence-electron chi connectivity index (χ0n) is 16.1. The van der Waals surface area contributed by atoms with E-state index < -0.39 is 6.04 Å². The monoisotopic (exact) mass is 397 g/mol. The fraction of sp³-hybridized carbons (Fsp3) is 0.286. The van der Waals surface area contributed by atoms with E-state index in [1.165, 1.54) is 0 Å². The van der Waals surface area contributed by atoms with E-state index in [4.69, 9.17) is 4.74 Å². The molecule has 0 saturated carbocycles. The second kappa shape index (κ2) is 8.84. The molecule has 1 aromatic heterocycles. The molecule has 0 fully saturated rings. The molecule has 7 heteroatoms. The van der Waals surface area contributed by atoms with Crippen LogP contribution in [0.4, 0.5) is 0 Å². The quantitative estimate of drug-likeness (QED) is 0.641. The summed E-state index contributed by atoms with van der Waals surface area (Å²) in [5, 5.41) is 6.55. The molecular weight excluding hydrogens is 374 g/mol. The Morgan fingerprint density at radius 3 is 2.46 bits per heavy atom. The number of aromatic nitrogens is 1. The van der Waals surface area contributed by atoms with Gasteiger partial charge < -0.3 is 15.4 Å². The lowest BCUT2D eigenvalue weighted by atomic mass is 10.0. The molecule has 0 bridgehead atoms. The highest BCUT2D eigenvalue weighted by molar-refractivity contribution is 7.18. The number of thiazole rings is 1. The minimum absolute atomic E-state index is 0.0578. The number of hydrogen-bond donors (Lipinski definition) is 2. The number of nitrogens with one attached hydrogen (secondary N) is 2. The maximum atomic E-state index is 12.7. The lowest BCUT2D eigenvalue weighted by Gasteiger charge is -2.21. The SMILES string of the molecule is COc1ccc(C(=O)N[C@H](C(=O)NCc2nc3ccccc3s2)C(C)C)cc1. The van der Waals surface area contributed by atoms with E-state index in [9.17, 15) is 9.59 Å². The Kier molecular flexibility index (Phi) is 6.26. The molecular formula is C21H23N3O3S. The molecule has 2 N–H and O–H groups in total. The van der Waals surface area contributed by atoms with Crippen LogP contribution in [0.15, 0.2) is 48.5 Å². The van der Waals surface area contributed by atoms with Gasteiger partial charge in [-0.3, -0.25) is 9.59 Å². The Morgan fingerprint density at radius 2 is 1.82 bits per heavy atom. The average Bonchev–Trinajstić information content (AvgIpc) is 3.13. The van der Waals surface area contributed by atoms with Crippen molar-refractivity contribution in [2.45, 2.75) is 26.4 Å². The molecule has 0 unspecified atom stereocenters. The van der Waals surface area contributed by atoms with Crippen LogP contribution < -0.4 is 15.4 Å². The molecule has 3 aromatic rings. The van der Waals surface area contributed by atoms with Crippen molar-refractivity contribution in [3.05, 3.63) is 59.1 Å². The number of carbonyl (C=O) groups is 2. The summed E-state index contributed by atoms with van der Waals surface area (Å²) in [5.41, 5.74) is 1.40. The molecule has 2 aromatic carbocycles. The van der Waals surface area contributed by atoms with Gasteiger partial charge >= 0.3 is 0 Å². The number of methoxy groups -OCH3 is 1. The second-order valence-electron chi connectivity index (χ2n) is 6.72. The largest absolute Gasteiger partial charge is 0.497 e. The Hall–Kier alpha value is -2.93. The average molecular weight is 398 g/mol. The topological polar surface area (TPSA) is 80.3 Å². The summed E-state index contributed by atoms with van der Waals surface area (Å²) < 4.78 is 6.18. The molecule has 6 nitrogen and oxygen atoms in total. The van der Waals surface area contributed by atoms with Crippen molar-refractivity contribution < 1.29 is 14.3 Å². The summed E-state index contributed by atoms with van der Waals surface area (Å²) in [7, 11) is 1.57. The zero-order chi connectivity index (χ0) is 20.1. The van der Waals surface area contributed by atoms with E-state index in [0.29, 0.717) is 17.9 Å². The molecule has 0 saturated heterocycles. The van der Waals surface area contributed by atoms with Crippen molar-refractivity contribution in [3.8, 4) is 5.75 Å². The third-order valence-electron chi connectivity index (χ3n) is 4.34. The first-order chi connectivity index (χ1) is 13.5. The van der Waals surface area contributed by atoms with Crippen molar-refractivity contribution >= 4 is 33.4 Å². The number of rotatable bonds is 7. The molecule has 0 radical (unpaired) electrons. The fourth-order valence-corrected chi connectivity index (χ4v) is 3.68. The Bertz CT molecular complexity index is 933. The fourth-order valence-electron chi connectivity index (χ4n) is 2.77. The van der Waals surface area contributed by atoms with Gasteiger partial charge in [-0.2, -0.15) is 0 Å². The second-order valence-corrected chi connectivity index (χ2v) is 7.83. The predicted molar refractivity (Wildman–Crippen MR) is 111 cm³/mol. The summed E-state index contributed by atoms with van der Waals surface area (Å²) in [5.74, 6) is 0.0933. The number of fused-ring (bicyclic) bond motifs is 1. The first-order valence-electron chi connectivity index (χ1n) is 9.05. The standard InChI is InChI=1S/C21H23N3O3S/c1-13(2)19(24-20(25)14-8-10-15(27-3)11-9-14)21(26)22-12-18-23-16-6-4-5-7-17(16)28-18/h4-11,13,19H,12H2,1-3H3,(H,22,26)(H,24,25)/t19-/m0/s1. The van der Waals surface area contributed by atoms with Gasteiger partial charge in [0, 0.05) is 5.56 Å². The van der Waals surface area contributed by atoms with Gasteiger partial charge in [0.1, 0.15) is 16.8 Å². The highest BCUT2D eigenvalue weighted by Crippen LogP contribution is 2.21. The maximum Gasteiger partial charge on any atom is 0.251 e. The van der Waals surface area contributed by atoms with E-state index in [1.54, 1.807) is 42.7 Å². The van der Waals surface area contributed by atoms with Crippen LogP contribution in [0.25, 0.3) is 10.2 Å². The zero-order valence-corrected chi connectivity index (χ0v) is 16.9. The predicted octanol–water partition coefficient (Wildman–Crippen LogP) is 3.38. The van der Waals surface area contributed by atoms with Gasteiger partial charge in [0.05, 0.1) is 23.9 Å². The van der Waals surface area contributed by atoms with Crippen LogP contribution in [-0.4, -0.2) is 29.9 Å². The lowest BCUT2D eigenvalue weighted by molar-refractivity contribution is -0.124. The van der Waals surface area contributed by atoms with Crippen LogP contribution >= 0.6 is 11.3 Å².